The summed E-state index contributed by atoms with van der Waals surface area (Å²) in [5.41, 5.74) is 6.12. The van der Waals surface area contributed by atoms with Gasteiger partial charge in [0, 0.05) is 0 Å². The predicted octanol–water partition coefficient (Wildman–Crippen LogP) is 2.64. The second kappa shape index (κ2) is 3.31. The van der Waals surface area contributed by atoms with E-state index in [1.165, 1.54) is 35.4 Å². The summed E-state index contributed by atoms with van der Waals surface area (Å²) in [4.78, 5) is 0. The molecule has 1 heteroatoms. The normalized spacial score (nSPS) is 24.8. The predicted molar refractivity (Wildman–Crippen MR) is 46.3 cm³/mol. The first kappa shape index (κ1) is 9.32. The number of hydrogen-bond acceptors (Lipinski definition) is 0. The van der Waals surface area contributed by atoms with Crippen LogP contribution in [0, 0.1) is 5.92 Å². The first-order valence-corrected chi connectivity index (χ1v) is 5.40. The summed E-state index contributed by atoms with van der Waals surface area (Å²) >= 11 is 1.51. The first-order valence-electron chi connectivity index (χ1n) is 3.98. The van der Waals surface area contributed by atoms with Gasteiger partial charge in [0.25, 0.3) is 0 Å². The van der Waals surface area contributed by atoms with E-state index in [0.29, 0.717) is 5.92 Å². The molecule has 0 radical (unpaired) electrons. The zero-order valence-corrected chi connectivity index (χ0v) is 10.1. The third-order valence-corrected chi connectivity index (χ3v) is 3.62. The van der Waals surface area contributed by atoms with Gasteiger partial charge in [-0.3, -0.25) is 0 Å². The average Bonchev–Trinajstić information content (AvgIpc) is 2.17. The van der Waals surface area contributed by atoms with Gasteiger partial charge >= 0.3 is 83.8 Å². The Morgan fingerprint density at radius 1 is 1.18 bits per heavy atom. The summed E-state index contributed by atoms with van der Waals surface area (Å²) in [6.45, 7) is 9.01. The minimum absolute atomic E-state index is 0.675. The topological polar surface area (TPSA) is 0 Å². The molecule has 0 aromatic carbocycles. The molecule has 0 bridgehead atoms. The molecule has 0 N–H and O–H groups in total. The molecule has 58 valence electrons. The van der Waals surface area contributed by atoms with Crippen LogP contribution in [0.3, 0.4) is 0 Å². The molecule has 0 aromatic heterocycles. The van der Waals surface area contributed by atoms with Crippen LogP contribution in [0.1, 0.15) is 27.7 Å². The molecule has 0 heterocycles. The molecule has 0 spiro atoms. The van der Waals surface area contributed by atoms with Gasteiger partial charge in [0.1, 0.15) is 0 Å². The number of allylic oxidation sites excluding steroid dienone is 4. The Balaban J connectivity index is 3.14. The van der Waals surface area contributed by atoms with E-state index >= 15 is 0 Å². The van der Waals surface area contributed by atoms with Crippen LogP contribution >= 0.6 is 0 Å². The molecule has 1 atom stereocenters. The molecule has 1 unspecified atom stereocenters. The molecule has 0 amide bonds. The quantitative estimate of drug-likeness (QED) is 0.643. The van der Waals surface area contributed by atoms with Crippen molar-refractivity contribution >= 4 is 3.71 Å². The van der Waals surface area contributed by atoms with E-state index in [9.17, 15) is 0 Å². The molecule has 0 saturated heterocycles. The molecule has 1 rings (SSSR count). The van der Waals surface area contributed by atoms with Crippen LogP contribution in [0.15, 0.2) is 22.3 Å². The van der Waals surface area contributed by atoms with Crippen LogP contribution in [0.2, 0.25) is 0 Å². The fraction of sp³-hybridized carbons (Fsp3) is 0.500. The van der Waals surface area contributed by atoms with Crippen molar-refractivity contribution in [1.29, 1.82) is 0 Å². The molecular formula is C10H14Zr. The first-order chi connectivity index (χ1) is 5.09. The third-order valence-electron chi connectivity index (χ3n) is 2.86. The van der Waals surface area contributed by atoms with E-state index in [1.54, 1.807) is 11.1 Å². The fourth-order valence-corrected chi connectivity index (χ4v) is 2.77. The summed E-state index contributed by atoms with van der Waals surface area (Å²) in [6, 6.07) is 0. The van der Waals surface area contributed by atoms with Crippen LogP contribution in [0.25, 0.3) is 0 Å². The van der Waals surface area contributed by atoms with Crippen LogP contribution in [-0.2, 0) is 24.2 Å². The monoisotopic (exact) mass is 224 g/mol. The third kappa shape index (κ3) is 1.40. The van der Waals surface area contributed by atoms with Crippen molar-refractivity contribution in [3.05, 3.63) is 22.3 Å². The van der Waals surface area contributed by atoms with Gasteiger partial charge in [-0.2, -0.15) is 0 Å². The van der Waals surface area contributed by atoms with Gasteiger partial charge in [-0.05, 0) is 0 Å². The van der Waals surface area contributed by atoms with E-state index in [0.717, 1.165) is 0 Å². The average molecular weight is 225 g/mol. The van der Waals surface area contributed by atoms with Crippen LogP contribution in [-0.4, -0.2) is 3.71 Å². The standard InChI is InChI=1S/C10H14.Zr/c1-6-7(2)9(4)10(5)8(6)3;/h1,7H,2-5H3;. The SMILES string of the molecule is CC1=C(C)C(C)C([CH]=[Zr])=C1C. The van der Waals surface area contributed by atoms with Crippen molar-refractivity contribution < 1.29 is 24.2 Å². The molecule has 1 aliphatic carbocycles. The molecule has 0 fully saturated rings. The van der Waals surface area contributed by atoms with E-state index in [2.05, 4.69) is 31.4 Å². The molecule has 11 heavy (non-hydrogen) atoms. The molecule has 0 aliphatic heterocycles. The van der Waals surface area contributed by atoms with E-state index in [-0.39, 0.29) is 0 Å². The molecule has 0 nitrogen and oxygen atoms in total. The van der Waals surface area contributed by atoms with Gasteiger partial charge in [-0.15, -0.1) is 0 Å². The Morgan fingerprint density at radius 2 is 1.73 bits per heavy atom. The summed E-state index contributed by atoms with van der Waals surface area (Å²) < 4.78 is 2.33. The Hall–Kier alpha value is 0.233. The Bertz CT molecular complexity index is 256. The maximum absolute atomic E-state index is 2.33. The van der Waals surface area contributed by atoms with Crippen molar-refractivity contribution in [2.24, 2.45) is 5.92 Å². The van der Waals surface area contributed by atoms with Crippen LogP contribution < -0.4 is 0 Å². The summed E-state index contributed by atoms with van der Waals surface area (Å²) in [6.07, 6.45) is 0. The maximum atomic E-state index is 2.33. The van der Waals surface area contributed by atoms with E-state index in [1.807, 2.05) is 0 Å². The number of hydrogen-bond donors (Lipinski definition) is 0. The van der Waals surface area contributed by atoms with E-state index in [4.69, 9.17) is 0 Å². The van der Waals surface area contributed by atoms with Crippen LogP contribution in [0.4, 0.5) is 0 Å². The summed E-state index contributed by atoms with van der Waals surface area (Å²) in [5.74, 6) is 0.675. The Kier molecular flexibility index (Phi) is 2.81. The Morgan fingerprint density at radius 3 is 1.91 bits per heavy atom. The number of rotatable bonds is 1. The molecule has 0 aromatic rings. The summed E-state index contributed by atoms with van der Waals surface area (Å²) in [5, 5.41) is 0. The zero-order chi connectivity index (χ0) is 8.59. The van der Waals surface area contributed by atoms with Gasteiger partial charge < -0.3 is 0 Å². The Labute approximate surface area is 83.7 Å². The zero-order valence-electron chi connectivity index (χ0n) is 7.65. The fourth-order valence-electron chi connectivity index (χ4n) is 1.63. The van der Waals surface area contributed by atoms with Gasteiger partial charge in [0.15, 0.2) is 0 Å². The molecule has 1 aliphatic rings. The minimum atomic E-state index is 0.675. The van der Waals surface area contributed by atoms with Gasteiger partial charge in [0.05, 0.1) is 0 Å². The molecule has 0 saturated carbocycles. The van der Waals surface area contributed by atoms with Crippen molar-refractivity contribution in [1.82, 2.24) is 0 Å². The van der Waals surface area contributed by atoms with Crippen molar-refractivity contribution in [3.8, 4) is 0 Å². The second-order valence-electron chi connectivity index (χ2n) is 3.25. The van der Waals surface area contributed by atoms with Crippen molar-refractivity contribution in [3.63, 3.8) is 0 Å². The van der Waals surface area contributed by atoms with Gasteiger partial charge in [0.2, 0.25) is 0 Å². The van der Waals surface area contributed by atoms with Crippen molar-refractivity contribution in [2.75, 3.05) is 0 Å². The van der Waals surface area contributed by atoms with Gasteiger partial charge in [-0.25, -0.2) is 0 Å². The summed E-state index contributed by atoms with van der Waals surface area (Å²) in [7, 11) is 0. The van der Waals surface area contributed by atoms with Crippen LogP contribution in [0.5, 0.6) is 0 Å². The second-order valence-corrected chi connectivity index (χ2v) is 3.96. The van der Waals surface area contributed by atoms with E-state index < -0.39 is 0 Å². The van der Waals surface area contributed by atoms with Gasteiger partial charge in [-0.1, -0.05) is 0 Å². The molecular weight excluding hydrogens is 211 g/mol. The van der Waals surface area contributed by atoms with Crippen molar-refractivity contribution in [2.45, 2.75) is 27.7 Å².